The number of benzene rings is 2. The van der Waals surface area contributed by atoms with Gasteiger partial charge in [0.2, 0.25) is 0 Å². The van der Waals surface area contributed by atoms with E-state index in [4.69, 9.17) is 16.3 Å². The zero-order valence-corrected chi connectivity index (χ0v) is 13.9. The van der Waals surface area contributed by atoms with Crippen LogP contribution in [0.15, 0.2) is 36.7 Å². The predicted octanol–water partition coefficient (Wildman–Crippen LogP) is 4.07. The topological polar surface area (TPSA) is 38.2 Å². The average molecular weight is 362 g/mol. The molecule has 25 heavy (non-hydrogen) atoms. The second kappa shape index (κ2) is 6.54. The fraction of sp³-hybridized carbons (Fsp3) is 0.222. The summed E-state index contributed by atoms with van der Waals surface area (Å²) >= 11 is 5.81. The molecule has 0 radical (unpaired) electrons. The summed E-state index contributed by atoms with van der Waals surface area (Å²) in [7, 11) is 0. The number of nitrogens with zero attached hydrogens (tertiary/aromatic N) is 3. The first-order valence-corrected chi connectivity index (χ1v) is 8.24. The molecule has 3 aromatic rings. The van der Waals surface area contributed by atoms with Crippen molar-refractivity contribution in [1.29, 1.82) is 0 Å². The molecule has 0 amide bonds. The highest BCUT2D eigenvalue weighted by Crippen LogP contribution is 2.33. The van der Waals surface area contributed by atoms with Crippen LogP contribution in [0.1, 0.15) is 0 Å². The fourth-order valence-corrected chi connectivity index (χ4v) is 3.19. The Morgan fingerprint density at radius 3 is 2.60 bits per heavy atom. The van der Waals surface area contributed by atoms with Gasteiger partial charge in [0, 0.05) is 29.1 Å². The number of fused-ring (bicyclic) bond motifs is 1. The van der Waals surface area contributed by atoms with Crippen LogP contribution in [0, 0.1) is 11.6 Å². The minimum atomic E-state index is -0.509. The molecular weight excluding hydrogens is 348 g/mol. The summed E-state index contributed by atoms with van der Waals surface area (Å²) in [6.45, 7) is 2.35. The van der Waals surface area contributed by atoms with Crippen molar-refractivity contribution >= 4 is 28.2 Å². The lowest BCUT2D eigenvalue weighted by Gasteiger charge is -2.29. The number of ether oxygens (including phenoxy) is 1. The quantitative estimate of drug-likeness (QED) is 0.689. The maximum atomic E-state index is 15.0. The molecule has 1 aromatic heterocycles. The minimum Gasteiger partial charge on any atom is -0.378 e. The molecule has 4 rings (SSSR count). The maximum Gasteiger partial charge on any atom is 0.172 e. The molecule has 4 nitrogen and oxygen atoms in total. The van der Waals surface area contributed by atoms with Crippen LogP contribution >= 0.6 is 11.6 Å². The van der Waals surface area contributed by atoms with Gasteiger partial charge in [-0.25, -0.2) is 18.7 Å². The first-order chi connectivity index (χ1) is 12.1. The zero-order valence-electron chi connectivity index (χ0n) is 13.2. The van der Waals surface area contributed by atoms with Crippen molar-refractivity contribution in [3.05, 3.63) is 53.3 Å². The summed E-state index contributed by atoms with van der Waals surface area (Å²) in [4.78, 5) is 10.2. The lowest BCUT2D eigenvalue weighted by Crippen LogP contribution is -2.36. The van der Waals surface area contributed by atoms with Gasteiger partial charge in [0.15, 0.2) is 5.82 Å². The van der Waals surface area contributed by atoms with Gasteiger partial charge in [-0.1, -0.05) is 11.6 Å². The molecule has 0 aliphatic carbocycles. The van der Waals surface area contributed by atoms with Crippen LogP contribution in [0.3, 0.4) is 0 Å². The number of halogens is 3. The summed E-state index contributed by atoms with van der Waals surface area (Å²) in [5.74, 6) is -0.942. The monoisotopic (exact) mass is 361 g/mol. The normalized spacial score (nSPS) is 14.9. The van der Waals surface area contributed by atoms with Crippen LogP contribution in [-0.2, 0) is 4.74 Å². The van der Waals surface area contributed by atoms with E-state index in [0.717, 1.165) is 0 Å². The number of morpholine rings is 1. The van der Waals surface area contributed by atoms with Gasteiger partial charge in [-0.05, 0) is 30.3 Å². The van der Waals surface area contributed by atoms with E-state index < -0.39 is 11.6 Å². The summed E-state index contributed by atoms with van der Waals surface area (Å²) < 4.78 is 34.6. The van der Waals surface area contributed by atoms with Crippen LogP contribution in [0.2, 0.25) is 5.02 Å². The van der Waals surface area contributed by atoms with Gasteiger partial charge < -0.3 is 9.64 Å². The molecule has 2 heterocycles. The highest BCUT2D eigenvalue weighted by atomic mass is 35.5. The van der Waals surface area contributed by atoms with E-state index >= 15 is 4.39 Å². The van der Waals surface area contributed by atoms with E-state index in [0.29, 0.717) is 48.1 Å². The van der Waals surface area contributed by atoms with Crippen molar-refractivity contribution < 1.29 is 13.5 Å². The van der Waals surface area contributed by atoms with Crippen LogP contribution < -0.4 is 4.90 Å². The van der Waals surface area contributed by atoms with Crippen molar-refractivity contribution in [2.75, 3.05) is 31.2 Å². The van der Waals surface area contributed by atoms with Crippen molar-refractivity contribution in [2.24, 2.45) is 0 Å². The molecule has 2 aromatic carbocycles. The smallest absolute Gasteiger partial charge is 0.172 e. The average Bonchev–Trinajstić information content (AvgIpc) is 2.63. The molecule has 1 aliphatic rings. The van der Waals surface area contributed by atoms with Crippen molar-refractivity contribution in [3.63, 3.8) is 0 Å². The van der Waals surface area contributed by atoms with Crippen LogP contribution in [-0.4, -0.2) is 36.3 Å². The maximum absolute atomic E-state index is 15.0. The second-order valence-corrected chi connectivity index (χ2v) is 6.18. The van der Waals surface area contributed by atoms with Gasteiger partial charge in [0.25, 0.3) is 0 Å². The lowest BCUT2D eigenvalue weighted by molar-refractivity contribution is 0.122. The Morgan fingerprint density at radius 1 is 1.04 bits per heavy atom. The third-order valence-corrected chi connectivity index (χ3v) is 4.50. The third kappa shape index (κ3) is 2.92. The van der Waals surface area contributed by atoms with Crippen molar-refractivity contribution in [1.82, 2.24) is 9.97 Å². The van der Waals surface area contributed by atoms with E-state index in [-0.39, 0.29) is 11.1 Å². The Hall–Kier alpha value is -2.31. The molecule has 1 saturated heterocycles. The molecule has 7 heteroatoms. The molecular formula is C18H14ClF2N3O. The molecule has 1 aliphatic heterocycles. The van der Waals surface area contributed by atoms with E-state index in [2.05, 4.69) is 9.97 Å². The standard InChI is InChI=1S/C18H14ClF2N3O/c19-11-1-2-12(14(20)9-11)17-13-3-4-15(24-5-7-25-8-6-24)16(21)18(13)23-10-22-17/h1-4,9-10H,5-8H2. The van der Waals surface area contributed by atoms with E-state index in [1.807, 2.05) is 4.90 Å². The van der Waals surface area contributed by atoms with E-state index in [9.17, 15) is 4.39 Å². The molecule has 0 unspecified atom stereocenters. The second-order valence-electron chi connectivity index (χ2n) is 5.74. The molecule has 0 bridgehead atoms. The summed E-state index contributed by atoms with van der Waals surface area (Å²) in [6, 6.07) is 7.74. The van der Waals surface area contributed by atoms with Crippen LogP contribution in [0.5, 0.6) is 0 Å². The third-order valence-electron chi connectivity index (χ3n) is 4.26. The number of anilines is 1. The highest BCUT2D eigenvalue weighted by Gasteiger charge is 2.20. The van der Waals surface area contributed by atoms with Gasteiger partial charge in [0.1, 0.15) is 17.7 Å². The number of aromatic nitrogens is 2. The highest BCUT2D eigenvalue weighted by molar-refractivity contribution is 6.30. The fourth-order valence-electron chi connectivity index (χ4n) is 3.03. The lowest BCUT2D eigenvalue weighted by atomic mass is 10.0. The Bertz CT molecular complexity index is 945. The largest absolute Gasteiger partial charge is 0.378 e. The van der Waals surface area contributed by atoms with Crippen molar-refractivity contribution in [3.8, 4) is 11.3 Å². The van der Waals surface area contributed by atoms with E-state index in [1.54, 1.807) is 18.2 Å². The van der Waals surface area contributed by atoms with Crippen molar-refractivity contribution in [2.45, 2.75) is 0 Å². The molecule has 0 N–H and O–H groups in total. The molecule has 128 valence electrons. The number of rotatable bonds is 2. The first-order valence-electron chi connectivity index (χ1n) is 7.86. The number of hydrogen-bond donors (Lipinski definition) is 0. The number of hydrogen-bond acceptors (Lipinski definition) is 4. The molecule has 1 fully saturated rings. The van der Waals surface area contributed by atoms with Gasteiger partial charge >= 0.3 is 0 Å². The van der Waals surface area contributed by atoms with Gasteiger partial charge in [-0.2, -0.15) is 0 Å². The minimum absolute atomic E-state index is 0.170. The van der Waals surface area contributed by atoms with E-state index in [1.165, 1.54) is 18.5 Å². The van der Waals surface area contributed by atoms with Crippen LogP contribution in [0.25, 0.3) is 22.2 Å². The molecule has 0 saturated carbocycles. The molecule has 0 atom stereocenters. The zero-order chi connectivity index (χ0) is 17.4. The van der Waals surface area contributed by atoms with Crippen LogP contribution in [0.4, 0.5) is 14.5 Å². The summed E-state index contributed by atoms with van der Waals surface area (Å²) in [5, 5.41) is 0.749. The van der Waals surface area contributed by atoms with Gasteiger partial charge in [-0.15, -0.1) is 0 Å². The Morgan fingerprint density at radius 2 is 1.84 bits per heavy atom. The Balaban J connectivity index is 1.86. The Labute approximate surface area is 148 Å². The molecule has 0 spiro atoms. The Kier molecular flexibility index (Phi) is 4.23. The first kappa shape index (κ1) is 16.2. The SMILES string of the molecule is Fc1cc(Cl)ccc1-c1ncnc2c(F)c(N3CCOCC3)ccc12. The summed E-state index contributed by atoms with van der Waals surface area (Å²) in [6.07, 6.45) is 1.25. The van der Waals surface area contributed by atoms with Gasteiger partial charge in [-0.3, -0.25) is 0 Å². The van der Waals surface area contributed by atoms with Gasteiger partial charge in [0.05, 0.1) is 24.6 Å². The summed E-state index contributed by atoms with van der Waals surface area (Å²) in [5.41, 5.74) is 1.24. The predicted molar refractivity (Wildman–Crippen MR) is 92.9 cm³/mol.